The monoisotopic (exact) mass is 769 g/mol. The number of carbonyl (C=O) groups excluding carboxylic acids is 5. The molecule has 5 atom stereocenters. The molecule has 6 fully saturated rings. The lowest BCUT2D eigenvalue weighted by Crippen LogP contribution is -2.64. The van der Waals surface area contributed by atoms with Gasteiger partial charge in [0.25, 0.3) is 0 Å². The maximum Gasteiger partial charge on any atom is 0.315 e. The number of nitrogens with zero attached hydrogens (tertiary/aromatic N) is 1. The first-order chi connectivity index (χ1) is 25.4. The van der Waals surface area contributed by atoms with Crippen LogP contribution in [-0.4, -0.2) is 77.3 Å². The van der Waals surface area contributed by atoms with Crippen molar-refractivity contribution in [1.82, 2.24) is 15.5 Å². The van der Waals surface area contributed by atoms with E-state index in [2.05, 4.69) is 24.1 Å². The summed E-state index contributed by atoms with van der Waals surface area (Å²) >= 11 is 0. The van der Waals surface area contributed by atoms with Crippen LogP contribution in [0.3, 0.4) is 0 Å². The molecule has 0 aromatic heterocycles. The number of ketones is 3. The zero-order valence-electron chi connectivity index (χ0n) is 33.5. The third-order valence-corrected chi connectivity index (χ3v) is 17.5. The molecule has 302 valence electrons. The van der Waals surface area contributed by atoms with Crippen molar-refractivity contribution < 1.29 is 32.4 Å². The Bertz CT molecular complexity index is 1580. The van der Waals surface area contributed by atoms with Gasteiger partial charge in [0, 0.05) is 25.3 Å². The van der Waals surface area contributed by atoms with Gasteiger partial charge in [-0.1, -0.05) is 64.4 Å². The molecule has 0 radical (unpaired) electrons. The molecule has 0 aromatic carbocycles. The van der Waals surface area contributed by atoms with Gasteiger partial charge in [0.1, 0.15) is 6.04 Å². The summed E-state index contributed by atoms with van der Waals surface area (Å²) in [7, 11) is -3.56. The van der Waals surface area contributed by atoms with E-state index in [0.29, 0.717) is 38.1 Å². The first-order valence-electron chi connectivity index (χ1n) is 21.3. The molecule has 5 saturated carbocycles. The highest BCUT2D eigenvalue weighted by Crippen LogP contribution is 2.66. The van der Waals surface area contributed by atoms with Gasteiger partial charge in [-0.2, -0.15) is 0 Å². The Morgan fingerprint density at radius 2 is 1.52 bits per heavy atom. The molecule has 6 rings (SSSR count). The second-order valence-corrected chi connectivity index (χ2v) is 22.5. The normalized spacial score (nSPS) is 28.1. The minimum atomic E-state index is -3.56. The van der Waals surface area contributed by atoms with Crippen LogP contribution < -0.4 is 10.6 Å². The molecule has 1 unspecified atom stereocenters. The van der Waals surface area contributed by atoms with E-state index in [1.165, 1.54) is 0 Å². The smallest absolute Gasteiger partial charge is 0.315 e. The third kappa shape index (κ3) is 8.71. The average Bonchev–Trinajstić information content (AvgIpc) is 4.03. The molecule has 6 aliphatic rings. The van der Waals surface area contributed by atoms with E-state index in [1.807, 2.05) is 0 Å². The van der Waals surface area contributed by atoms with Crippen LogP contribution in [0.25, 0.3) is 0 Å². The SMILES string of the molecule is C=CCCC(=O)C(=O)C(CC(=O)[C@@H]1[C@H]2CCC3(CC3)[C@H]2CN1C(=O)[C@@H](NC(=O)NC1(CS(=O)(=O)C(C)(C)C)CCCCC1)C1(C)CCCCC1)CC1CC1. The van der Waals surface area contributed by atoms with Crippen molar-refractivity contribution in [1.29, 1.82) is 0 Å². The number of rotatable bonds is 16. The molecular weight excluding hydrogens is 703 g/mol. The Morgan fingerprint density at radius 1 is 0.889 bits per heavy atom. The third-order valence-electron chi connectivity index (χ3n) is 14.7. The molecule has 2 N–H and O–H groups in total. The number of amides is 3. The summed E-state index contributed by atoms with van der Waals surface area (Å²) in [5.74, 6) is -1.58. The second kappa shape index (κ2) is 15.8. The van der Waals surface area contributed by atoms with Gasteiger partial charge in [0.15, 0.2) is 21.4 Å². The number of hydrogen-bond donors (Lipinski definition) is 2. The van der Waals surface area contributed by atoms with Gasteiger partial charge in [-0.15, -0.1) is 6.58 Å². The van der Waals surface area contributed by atoms with E-state index in [-0.39, 0.29) is 47.5 Å². The molecule has 10 nitrogen and oxygen atoms in total. The lowest BCUT2D eigenvalue weighted by molar-refractivity contribution is -0.144. The van der Waals surface area contributed by atoms with Crippen LogP contribution >= 0.6 is 0 Å². The molecule has 1 heterocycles. The Labute approximate surface area is 324 Å². The minimum absolute atomic E-state index is 0.00107. The van der Waals surface area contributed by atoms with Gasteiger partial charge < -0.3 is 15.5 Å². The maximum atomic E-state index is 15.2. The zero-order chi connectivity index (χ0) is 39.1. The number of nitrogens with one attached hydrogen (secondary N) is 2. The Morgan fingerprint density at radius 3 is 2.09 bits per heavy atom. The van der Waals surface area contributed by atoms with E-state index in [0.717, 1.165) is 89.9 Å². The number of allylic oxidation sites excluding steroid dienone is 1. The summed E-state index contributed by atoms with van der Waals surface area (Å²) in [6, 6.07) is -2.12. The lowest BCUT2D eigenvalue weighted by Gasteiger charge is -2.44. The van der Waals surface area contributed by atoms with Gasteiger partial charge in [-0.3, -0.25) is 19.2 Å². The number of urea groups is 1. The first-order valence-corrected chi connectivity index (χ1v) is 22.9. The van der Waals surface area contributed by atoms with Crippen LogP contribution in [0.2, 0.25) is 0 Å². The van der Waals surface area contributed by atoms with Crippen LogP contribution in [0.15, 0.2) is 12.7 Å². The zero-order valence-corrected chi connectivity index (χ0v) is 34.3. The number of likely N-dealkylation sites (tertiary alicyclic amines) is 1. The fourth-order valence-corrected chi connectivity index (χ4v) is 12.4. The highest BCUT2D eigenvalue weighted by Gasteiger charge is 2.64. The summed E-state index contributed by atoms with van der Waals surface area (Å²) in [6.45, 7) is 11.3. The van der Waals surface area contributed by atoms with Crippen LogP contribution in [0.1, 0.15) is 156 Å². The topological polar surface area (TPSA) is 147 Å². The van der Waals surface area contributed by atoms with Crippen molar-refractivity contribution in [3.8, 4) is 0 Å². The molecular formula is C43H67N3O7S. The van der Waals surface area contributed by atoms with Crippen molar-refractivity contribution in [2.75, 3.05) is 12.3 Å². The molecule has 0 aromatic rings. The molecule has 1 saturated heterocycles. The summed E-state index contributed by atoms with van der Waals surface area (Å²) < 4.78 is 26.1. The molecule has 5 aliphatic carbocycles. The van der Waals surface area contributed by atoms with E-state index in [4.69, 9.17) is 0 Å². The van der Waals surface area contributed by atoms with E-state index >= 15 is 4.79 Å². The standard InChI is InChI=1S/C43H67N3O7S/c1-6-7-14-33(47)36(49)30(25-29-15-16-29)26-34(48)35-31-17-22-42(23-24-42)32(31)27-46(35)38(50)37(41(5)18-10-8-11-19-41)44-39(51)45-43(20-12-9-13-21-43)28-54(52,53)40(2,3)4/h6,29-32,35,37H,1,7-28H2,2-5H3,(H2,44,45,51)/t30?,31-,32-,35-,37+/m0/s1. The number of sulfone groups is 1. The van der Waals surface area contributed by atoms with E-state index in [9.17, 15) is 27.6 Å². The van der Waals surface area contributed by atoms with E-state index in [1.54, 1.807) is 31.7 Å². The van der Waals surface area contributed by atoms with Gasteiger partial charge in [-0.05, 0) is 114 Å². The molecule has 3 amide bonds. The number of hydrogen-bond acceptors (Lipinski definition) is 7. The van der Waals surface area contributed by atoms with Crippen molar-refractivity contribution in [2.45, 2.75) is 178 Å². The molecule has 0 bridgehead atoms. The van der Waals surface area contributed by atoms with Gasteiger partial charge in [-0.25, -0.2) is 13.2 Å². The van der Waals surface area contributed by atoms with Crippen molar-refractivity contribution >= 4 is 39.1 Å². The highest BCUT2D eigenvalue weighted by molar-refractivity contribution is 7.92. The van der Waals surface area contributed by atoms with Crippen LogP contribution in [0.5, 0.6) is 0 Å². The van der Waals surface area contributed by atoms with Crippen LogP contribution in [0.4, 0.5) is 4.79 Å². The van der Waals surface area contributed by atoms with Crippen LogP contribution in [-0.2, 0) is 29.0 Å². The van der Waals surface area contributed by atoms with Crippen LogP contribution in [0, 0.1) is 34.5 Å². The summed E-state index contributed by atoms with van der Waals surface area (Å²) in [6.07, 6.45) is 16.8. The Balaban J connectivity index is 1.27. The largest absolute Gasteiger partial charge is 0.332 e. The number of Topliss-reactive ketones (excluding diaryl/α,β-unsaturated/α-hetero) is 3. The van der Waals surface area contributed by atoms with E-state index < -0.39 is 61.1 Å². The number of fused-ring (bicyclic) bond motifs is 2. The maximum absolute atomic E-state index is 15.2. The Kier molecular flexibility index (Phi) is 12.0. The molecule has 11 heteroatoms. The van der Waals surface area contributed by atoms with Gasteiger partial charge in [0.05, 0.1) is 22.1 Å². The quantitative estimate of drug-likeness (QED) is 0.127. The predicted molar refractivity (Wildman–Crippen MR) is 209 cm³/mol. The first kappa shape index (κ1) is 41.1. The predicted octanol–water partition coefficient (Wildman–Crippen LogP) is 7.04. The van der Waals surface area contributed by atoms with Crippen molar-refractivity contribution in [3.63, 3.8) is 0 Å². The minimum Gasteiger partial charge on any atom is -0.332 e. The highest BCUT2D eigenvalue weighted by atomic mass is 32.2. The fraction of sp³-hybridized carbons (Fsp3) is 0.837. The second-order valence-electron chi connectivity index (χ2n) is 19.7. The van der Waals surface area contributed by atoms with Gasteiger partial charge in [0.2, 0.25) is 11.7 Å². The summed E-state index contributed by atoms with van der Waals surface area (Å²) in [5.41, 5.74) is -1.32. The fourth-order valence-electron chi connectivity index (χ4n) is 10.8. The summed E-state index contributed by atoms with van der Waals surface area (Å²) in [5, 5.41) is 6.27. The van der Waals surface area contributed by atoms with Crippen molar-refractivity contribution in [2.24, 2.45) is 34.5 Å². The molecule has 1 aliphatic heterocycles. The molecule has 1 spiro atoms. The summed E-state index contributed by atoms with van der Waals surface area (Å²) in [4.78, 5) is 72.4. The van der Waals surface area contributed by atoms with Crippen molar-refractivity contribution in [3.05, 3.63) is 12.7 Å². The van der Waals surface area contributed by atoms with Gasteiger partial charge >= 0.3 is 6.03 Å². The lowest BCUT2D eigenvalue weighted by atomic mass is 9.70. The molecule has 54 heavy (non-hydrogen) atoms. The number of carbonyl (C=O) groups is 5. The average molecular weight is 770 g/mol. The Hall–Kier alpha value is -2.56.